The second-order valence-corrected chi connectivity index (χ2v) is 6.30. The molecule has 0 saturated carbocycles. The van der Waals surface area contributed by atoms with Crippen molar-refractivity contribution in [3.8, 4) is 5.69 Å². The number of amides is 1. The lowest BCUT2D eigenvalue weighted by molar-refractivity contribution is -0.116. The van der Waals surface area contributed by atoms with Crippen molar-refractivity contribution in [2.75, 3.05) is 5.32 Å². The molecule has 126 valence electrons. The van der Waals surface area contributed by atoms with Gasteiger partial charge in [0.25, 0.3) is 0 Å². The van der Waals surface area contributed by atoms with Gasteiger partial charge in [0.2, 0.25) is 5.91 Å². The fourth-order valence-electron chi connectivity index (χ4n) is 3.51. The molecular formula is C20H15N5O. The van der Waals surface area contributed by atoms with E-state index in [4.69, 9.17) is 5.10 Å². The van der Waals surface area contributed by atoms with Gasteiger partial charge in [-0.3, -0.25) is 9.78 Å². The minimum atomic E-state index is -0.0635. The minimum Gasteiger partial charge on any atom is -0.326 e. The zero-order chi connectivity index (χ0) is 17.5. The van der Waals surface area contributed by atoms with Crippen LogP contribution >= 0.6 is 0 Å². The quantitative estimate of drug-likeness (QED) is 0.607. The summed E-state index contributed by atoms with van der Waals surface area (Å²) in [5, 5.41) is 12.3. The van der Waals surface area contributed by atoms with Crippen LogP contribution in [0.2, 0.25) is 0 Å². The summed E-state index contributed by atoms with van der Waals surface area (Å²) in [7, 11) is 0. The van der Waals surface area contributed by atoms with Crippen LogP contribution < -0.4 is 5.32 Å². The highest BCUT2D eigenvalue weighted by Crippen LogP contribution is 2.40. The number of pyridine rings is 1. The van der Waals surface area contributed by atoms with Crippen LogP contribution in [-0.2, 0) is 4.79 Å². The molecule has 2 aromatic heterocycles. The first-order valence-electron chi connectivity index (χ1n) is 8.45. The van der Waals surface area contributed by atoms with Crippen molar-refractivity contribution in [3.05, 3.63) is 78.1 Å². The molecule has 26 heavy (non-hydrogen) atoms. The Morgan fingerprint density at radius 3 is 2.58 bits per heavy atom. The van der Waals surface area contributed by atoms with E-state index in [0.29, 0.717) is 6.42 Å². The molecule has 1 aliphatic rings. The molecule has 0 saturated heterocycles. The molecule has 0 aliphatic carbocycles. The molecule has 6 nitrogen and oxygen atoms in total. The fourth-order valence-corrected chi connectivity index (χ4v) is 3.51. The van der Waals surface area contributed by atoms with Crippen LogP contribution in [0.25, 0.3) is 16.7 Å². The Morgan fingerprint density at radius 2 is 1.77 bits per heavy atom. The second-order valence-electron chi connectivity index (χ2n) is 6.30. The van der Waals surface area contributed by atoms with E-state index in [-0.39, 0.29) is 11.8 Å². The molecule has 0 radical (unpaired) electrons. The summed E-state index contributed by atoms with van der Waals surface area (Å²) >= 11 is 0. The molecule has 1 N–H and O–H groups in total. The molecule has 1 atom stereocenters. The number of rotatable bonds is 2. The number of aromatic nitrogens is 4. The molecule has 0 bridgehead atoms. The van der Waals surface area contributed by atoms with Gasteiger partial charge in [-0.25, -0.2) is 0 Å². The maximum absolute atomic E-state index is 12.2. The summed E-state index contributed by atoms with van der Waals surface area (Å²) < 4.78 is 0. The van der Waals surface area contributed by atoms with Gasteiger partial charge in [-0.15, -0.1) is 10.2 Å². The van der Waals surface area contributed by atoms with Gasteiger partial charge in [0, 0.05) is 36.0 Å². The van der Waals surface area contributed by atoms with Crippen LogP contribution in [0.5, 0.6) is 0 Å². The molecule has 5 rings (SSSR count). The maximum atomic E-state index is 12.2. The summed E-state index contributed by atoms with van der Waals surface area (Å²) in [6.07, 6.45) is 3.89. The van der Waals surface area contributed by atoms with Crippen LogP contribution in [0, 0.1) is 0 Å². The van der Waals surface area contributed by atoms with Gasteiger partial charge in [0.1, 0.15) is 11.0 Å². The van der Waals surface area contributed by atoms with Crippen molar-refractivity contribution >= 4 is 22.6 Å². The first-order chi connectivity index (χ1) is 12.8. The summed E-state index contributed by atoms with van der Waals surface area (Å²) in [6, 6.07) is 17.5. The highest BCUT2D eigenvalue weighted by atomic mass is 16.1. The molecule has 0 fully saturated rings. The predicted octanol–water partition coefficient (Wildman–Crippen LogP) is 3.29. The Labute approximate surface area is 149 Å². The SMILES string of the molecule is O=C1CC(c2ccncc2)c2c(ccc3nn(-c4ccccc4)nc23)N1. The van der Waals surface area contributed by atoms with Crippen LogP contribution in [0.3, 0.4) is 0 Å². The van der Waals surface area contributed by atoms with E-state index in [9.17, 15) is 4.79 Å². The third-order valence-electron chi connectivity index (χ3n) is 4.70. The molecular weight excluding hydrogens is 326 g/mol. The van der Waals surface area contributed by atoms with Crippen LogP contribution in [0.4, 0.5) is 5.69 Å². The lowest BCUT2D eigenvalue weighted by Crippen LogP contribution is -2.23. The summed E-state index contributed by atoms with van der Waals surface area (Å²) in [4.78, 5) is 17.9. The summed E-state index contributed by atoms with van der Waals surface area (Å²) in [6.45, 7) is 0. The largest absolute Gasteiger partial charge is 0.326 e. The normalized spacial score (nSPS) is 16.3. The fraction of sp³-hybridized carbons (Fsp3) is 0.100. The minimum absolute atomic E-state index is 0.00844. The molecule has 0 spiro atoms. The third-order valence-corrected chi connectivity index (χ3v) is 4.70. The number of nitrogens with one attached hydrogen (secondary N) is 1. The van der Waals surface area contributed by atoms with Crippen molar-refractivity contribution in [1.29, 1.82) is 0 Å². The van der Waals surface area contributed by atoms with Crippen molar-refractivity contribution in [2.45, 2.75) is 12.3 Å². The zero-order valence-electron chi connectivity index (χ0n) is 13.8. The molecule has 4 aromatic rings. The Bertz CT molecular complexity index is 1110. The number of benzene rings is 2. The number of nitrogens with zero attached hydrogens (tertiary/aromatic N) is 4. The van der Waals surface area contributed by atoms with Crippen molar-refractivity contribution in [2.24, 2.45) is 0 Å². The van der Waals surface area contributed by atoms with Crippen LogP contribution in [0.15, 0.2) is 67.0 Å². The van der Waals surface area contributed by atoms with E-state index in [1.54, 1.807) is 17.2 Å². The number of carbonyl (C=O) groups is 1. The number of anilines is 1. The zero-order valence-corrected chi connectivity index (χ0v) is 13.8. The highest BCUT2D eigenvalue weighted by Gasteiger charge is 2.30. The van der Waals surface area contributed by atoms with E-state index < -0.39 is 0 Å². The molecule has 2 aromatic carbocycles. The molecule has 3 heterocycles. The average Bonchev–Trinajstić information content (AvgIpc) is 3.13. The van der Waals surface area contributed by atoms with Gasteiger partial charge in [0.05, 0.1) is 5.69 Å². The van der Waals surface area contributed by atoms with Gasteiger partial charge in [-0.05, 0) is 42.0 Å². The first kappa shape index (κ1) is 14.8. The van der Waals surface area contributed by atoms with Crippen molar-refractivity contribution in [1.82, 2.24) is 20.0 Å². The standard InChI is InChI=1S/C20H15N5O/c26-18-12-15(13-8-10-21-11-9-13)19-16(22-18)6-7-17-20(19)24-25(23-17)14-4-2-1-3-5-14/h1-11,15H,12H2,(H,22,26). The van der Waals surface area contributed by atoms with E-state index >= 15 is 0 Å². The van der Waals surface area contributed by atoms with Gasteiger partial charge in [-0.2, -0.15) is 4.80 Å². The topological polar surface area (TPSA) is 72.7 Å². The van der Waals surface area contributed by atoms with Crippen molar-refractivity contribution in [3.63, 3.8) is 0 Å². The van der Waals surface area contributed by atoms with Gasteiger partial charge in [-0.1, -0.05) is 18.2 Å². The third kappa shape index (κ3) is 2.35. The van der Waals surface area contributed by atoms with Crippen molar-refractivity contribution < 1.29 is 4.79 Å². The molecule has 1 amide bonds. The second kappa shape index (κ2) is 5.77. The Morgan fingerprint density at radius 1 is 0.962 bits per heavy atom. The first-order valence-corrected chi connectivity index (χ1v) is 8.45. The summed E-state index contributed by atoms with van der Waals surface area (Å²) in [5.41, 5.74) is 5.39. The monoisotopic (exact) mass is 341 g/mol. The van der Waals surface area contributed by atoms with Crippen LogP contribution in [0.1, 0.15) is 23.5 Å². The summed E-state index contributed by atoms with van der Waals surface area (Å²) in [5.74, 6) is -0.0551. The van der Waals surface area contributed by atoms with Crippen LogP contribution in [-0.4, -0.2) is 25.9 Å². The average molecular weight is 341 g/mol. The Balaban J connectivity index is 1.73. The number of hydrogen-bond acceptors (Lipinski definition) is 4. The lowest BCUT2D eigenvalue weighted by atomic mass is 9.84. The number of para-hydroxylation sites is 1. The number of hydrogen-bond donors (Lipinski definition) is 1. The number of fused-ring (bicyclic) bond motifs is 3. The smallest absolute Gasteiger partial charge is 0.225 e. The Kier molecular flexibility index (Phi) is 3.28. The van der Waals surface area contributed by atoms with Gasteiger partial charge in [0.15, 0.2) is 0 Å². The highest BCUT2D eigenvalue weighted by molar-refractivity contribution is 5.99. The van der Waals surface area contributed by atoms with E-state index in [1.807, 2.05) is 54.6 Å². The van der Waals surface area contributed by atoms with Gasteiger partial charge >= 0.3 is 0 Å². The molecule has 1 aliphatic heterocycles. The maximum Gasteiger partial charge on any atom is 0.225 e. The van der Waals surface area contributed by atoms with Gasteiger partial charge < -0.3 is 5.32 Å². The molecule has 6 heteroatoms. The predicted molar refractivity (Wildman–Crippen MR) is 98.2 cm³/mol. The Hall–Kier alpha value is -3.54. The number of carbonyl (C=O) groups excluding carboxylic acids is 1. The van der Waals surface area contributed by atoms with E-state index in [1.165, 1.54) is 0 Å². The van der Waals surface area contributed by atoms with E-state index in [0.717, 1.165) is 33.5 Å². The lowest BCUT2D eigenvalue weighted by Gasteiger charge is -2.25. The van der Waals surface area contributed by atoms with E-state index in [2.05, 4.69) is 15.4 Å². The molecule has 1 unspecified atom stereocenters.